The lowest BCUT2D eigenvalue weighted by molar-refractivity contribution is -0.116. The van der Waals surface area contributed by atoms with Crippen molar-refractivity contribution in [2.45, 2.75) is 26.2 Å². The number of fused-ring (bicyclic) bond motifs is 1. The molecule has 0 spiro atoms. The van der Waals surface area contributed by atoms with Gasteiger partial charge < -0.3 is 10.6 Å². The summed E-state index contributed by atoms with van der Waals surface area (Å²) < 4.78 is 0. The first-order valence-electron chi connectivity index (χ1n) is 8.02. The third-order valence-corrected chi connectivity index (χ3v) is 4.56. The smallest absolute Gasteiger partial charge is 0.321 e. The maximum atomic E-state index is 12.1. The van der Waals surface area contributed by atoms with Crippen molar-refractivity contribution in [3.63, 3.8) is 0 Å². The molecule has 0 saturated carbocycles. The molecule has 1 aliphatic heterocycles. The lowest BCUT2D eigenvalue weighted by Crippen LogP contribution is -2.38. The maximum Gasteiger partial charge on any atom is 0.321 e. The number of amides is 3. The Hall–Kier alpha value is -2.41. The van der Waals surface area contributed by atoms with Gasteiger partial charge in [-0.15, -0.1) is 11.3 Å². The molecule has 2 aromatic rings. The second-order valence-corrected chi connectivity index (χ2v) is 6.33. The number of benzene rings is 1. The fraction of sp³-hybridized carbons (Fsp3) is 0.353. The predicted molar refractivity (Wildman–Crippen MR) is 95.6 cm³/mol. The van der Waals surface area contributed by atoms with Crippen molar-refractivity contribution in [2.75, 3.05) is 23.3 Å². The summed E-state index contributed by atoms with van der Waals surface area (Å²) in [5, 5.41) is 7.67. The van der Waals surface area contributed by atoms with Crippen LogP contribution in [0.4, 0.5) is 16.2 Å². The number of hydrogen-bond donors (Lipinski definition) is 2. The van der Waals surface area contributed by atoms with Gasteiger partial charge in [-0.05, 0) is 37.5 Å². The molecule has 0 fully saturated rings. The molecule has 6 nitrogen and oxygen atoms in total. The summed E-state index contributed by atoms with van der Waals surface area (Å²) in [4.78, 5) is 30.1. The molecule has 1 aromatic carbocycles. The SMILES string of the molecule is CCNC(=O)N1CCc2ccc(NC(=O)CCc3cscn3)cc21. The number of urea groups is 1. The van der Waals surface area contributed by atoms with Gasteiger partial charge in [-0.1, -0.05) is 6.07 Å². The summed E-state index contributed by atoms with van der Waals surface area (Å²) in [5.74, 6) is -0.0505. The lowest BCUT2D eigenvalue weighted by Gasteiger charge is -2.18. The Morgan fingerprint density at radius 3 is 3.00 bits per heavy atom. The van der Waals surface area contributed by atoms with Crippen molar-refractivity contribution in [1.29, 1.82) is 0 Å². The lowest BCUT2D eigenvalue weighted by atomic mass is 10.1. The van der Waals surface area contributed by atoms with Crippen molar-refractivity contribution in [3.8, 4) is 0 Å². The van der Waals surface area contributed by atoms with Crippen molar-refractivity contribution < 1.29 is 9.59 Å². The molecule has 3 rings (SSSR count). The molecule has 126 valence electrons. The fourth-order valence-corrected chi connectivity index (χ4v) is 3.33. The third-order valence-electron chi connectivity index (χ3n) is 3.93. The third kappa shape index (κ3) is 3.73. The standard InChI is InChI=1S/C17H20N4O2S/c1-2-18-17(23)21-8-7-12-3-4-13(9-15(12)21)20-16(22)6-5-14-10-24-11-19-14/h3-4,9-11H,2,5-8H2,1H3,(H,18,23)(H,20,22). The van der Waals surface area contributed by atoms with Gasteiger partial charge in [0, 0.05) is 30.6 Å². The molecule has 24 heavy (non-hydrogen) atoms. The molecule has 1 aliphatic rings. The minimum Gasteiger partial charge on any atom is -0.338 e. The van der Waals surface area contributed by atoms with Crippen LogP contribution in [0.3, 0.4) is 0 Å². The molecule has 1 aromatic heterocycles. The van der Waals surface area contributed by atoms with E-state index in [1.54, 1.807) is 10.4 Å². The molecule has 2 N–H and O–H groups in total. The molecule has 0 saturated heterocycles. The van der Waals surface area contributed by atoms with Crippen LogP contribution in [0, 0.1) is 0 Å². The van der Waals surface area contributed by atoms with Crippen molar-refractivity contribution in [3.05, 3.63) is 40.3 Å². The molecular formula is C17H20N4O2S. The van der Waals surface area contributed by atoms with E-state index in [2.05, 4.69) is 15.6 Å². The number of thiazole rings is 1. The van der Waals surface area contributed by atoms with Crippen molar-refractivity contribution in [2.24, 2.45) is 0 Å². The van der Waals surface area contributed by atoms with Crippen LogP contribution >= 0.6 is 11.3 Å². The van der Waals surface area contributed by atoms with Crippen LogP contribution in [-0.4, -0.2) is 30.0 Å². The maximum absolute atomic E-state index is 12.1. The van der Waals surface area contributed by atoms with E-state index >= 15 is 0 Å². The molecule has 0 bridgehead atoms. The summed E-state index contributed by atoms with van der Waals surface area (Å²) in [6, 6.07) is 5.65. The molecular weight excluding hydrogens is 324 g/mol. The van der Waals surface area contributed by atoms with Gasteiger partial charge in [0.2, 0.25) is 5.91 Å². The van der Waals surface area contributed by atoms with Gasteiger partial charge >= 0.3 is 6.03 Å². The zero-order valence-electron chi connectivity index (χ0n) is 13.5. The highest BCUT2D eigenvalue weighted by atomic mass is 32.1. The van der Waals surface area contributed by atoms with Crippen LogP contribution in [0.25, 0.3) is 0 Å². The largest absolute Gasteiger partial charge is 0.338 e. The van der Waals surface area contributed by atoms with Gasteiger partial charge in [-0.25, -0.2) is 9.78 Å². The van der Waals surface area contributed by atoms with Gasteiger partial charge in [0.15, 0.2) is 0 Å². The first-order valence-corrected chi connectivity index (χ1v) is 8.97. The average molecular weight is 344 g/mol. The number of nitrogens with zero attached hydrogens (tertiary/aromatic N) is 2. The Balaban J connectivity index is 1.64. The van der Waals surface area contributed by atoms with E-state index in [-0.39, 0.29) is 11.9 Å². The number of nitrogens with one attached hydrogen (secondary N) is 2. The Kier molecular flexibility index (Phi) is 5.10. The van der Waals surface area contributed by atoms with Crippen LogP contribution in [0.15, 0.2) is 29.1 Å². The van der Waals surface area contributed by atoms with Gasteiger partial charge in [-0.2, -0.15) is 0 Å². The average Bonchev–Trinajstić information content (AvgIpc) is 3.22. The first-order chi connectivity index (χ1) is 11.7. The first kappa shape index (κ1) is 16.4. The Morgan fingerprint density at radius 1 is 1.38 bits per heavy atom. The molecule has 0 unspecified atom stereocenters. The monoisotopic (exact) mass is 344 g/mol. The summed E-state index contributed by atoms with van der Waals surface area (Å²) in [6.07, 6.45) is 1.86. The molecule has 2 heterocycles. The van der Waals surface area contributed by atoms with Gasteiger partial charge in [0.25, 0.3) is 0 Å². The van der Waals surface area contributed by atoms with Crippen LogP contribution in [-0.2, 0) is 17.6 Å². The highest BCUT2D eigenvalue weighted by molar-refractivity contribution is 7.07. The number of anilines is 2. The summed E-state index contributed by atoms with van der Waals surface area (Å²) in [7, 11) is 0. The Morgan fingerprint density at radius 2 is 2.25 bits per heavy atom. The van der Waals surface area contributed by atoms with Crippen LogP contribution < -0.4 is 15.5 Å². The van der Waals surface area contributed by atoms with Gasteiger partial charge in [0.05, 0.1) is 16.9 Å². The van der Waals surface area contributed by atoms with E-state index in [0.29, 0.717) is 31.6 Å². The van der Waals surface area contributed by atoms with E-state index in [9.17, 15) is 9.59 Å². The van der Waals surface area contributed by atoms with Gasteiger partial charge in [-0.3, -0.25) is 9.69 Å². The van der Waals surface area contributed by atoms with E-state index in [1.165, 1.54) is 11.3 Å². The zero-order valence-corrected chi connectivity index (χ0v) is 14.4. The summed E-state index contributed by atoms with van der Waals surface area (Å²) >= 11 is 1.53. The fourth-order valence-electron chi connectivity index (χ4n) is 2.74. The number of carbonyl (C=O) groups is 2. The second kappa shape index (κ2) is 7.44. The van der Waals surface area contributed by atoms with Crippen LogP contribution in [0.1, 0.15) is 24.6 Å². The predicted octanol–water partition coefficient (Wildman–Crippen LogP) is 2.81. The van der Waals surface area contributed by atoms with Crippen molar-refractivity contribution >= 4 is 34.6 Å². The van der Waals surface area contributed by atoms with E-state index in [4.69, 9.17) is 0 Å². The molecule has 3 amide bonds. The normalized spacial score (nSPS) is 12.8. The summed E-state index contributed by atoms with van der Waals surface area (Å²) in [5.41, 5.74) is 5.42. The summed E-state index contributed by atoms with van der Waals surface area (Å²) in [6.45, 7) is 3.16. The topological polar surface area (TPSA) is 74.3 Å². The van der Waals surface area contributed by atoms with Crippen molar-refractivity contribution in [1.82, 2.24) is 10.3 Å². The number of aryl methyl sites for hydroxylation is 1. The van der Waals surface area contributed by atoms with Gasteiger partial charge in [0.1, 0.15) is 0 Å². The molecule has 0 atom stereocenters. The zero-order chi connectivity index (χ0) is 16.9. The van der Waals surface area contributed by atoms with E-state index < -0.39 is 0 Å². The number of hydrogen-bond acceptors (Lipinski definition) is 4. The Labute approximate surface area is 144 Å². The number of carbonyl (C=O) groups excluding carboxylic acids is 2. The highest BCUT2D eigenvalue weighted by Gasteiger charge is 2.24. The quantitative estimate of drug-likeness (QED) is 0.876. The van der Waals surface area contributed by atoms with Crippen LogP contribution in [0.2, 0.25) is 0 Å². The molecule has 0 radical (unpaired) electrons. The number of rotatable bonds is 5. The van der Waals surface area contributed by atoms with E-state index in [1.807, 2.05) is 30.5 Å². The molecule has 0 aliphatic carbocycles. The number of aromatic nitrogens is 1. The molecule has 7 heteroatoms. The minimum absolute atomic E-state index is 0.0505. The van der Waals surface area contributed by atoms with E-state index in [0.717, 1.165) is 23.4 Å². The minimum atomic E-state index is -0.0942. The highest BCUT2D eigenvalue weighted by Crippen LogP contribution is 2.31. The second-order valence-electron chi connectivity index (χ2n) is 5.61. The van der Waals surface area contributed by atoms with Crippen LogP contribution in [0.5, 0.6) is 0 Å². The Bertz CT molecular complexity index is 730.